The topological polar surface area (TPSA) is 94.2 Å². The maximum atomic E-state index is 12.7. The van der Waals surface area contributed by atoms with Gasteiger partial charge in [0.2, 0.25) is 0 Å². The van der Waals surface area contributed by atoms with E-state index >= 15 is 0 Å². The first-order valence-electron chi connectivity index (χ1n) is 9.23. The molecule has 7 heteroatoms. The second-order valence-corrected chi connectivity index (χ2v) is 6.54. The van der Waals surface area contributed by atoms with Gasteiger partial charge in [-0.1, -0.05) is 53.7 Å². The molecule has 148 valence electrons. The lowest BCUT2D eigenvalue weighted by Gasteiger charge is -2.07. The Morgan fingerprint density at radius 2 is 1.47 bits per heavy atom. The van der Waals surface area contributed by atoms with Crippen molar-refractivity contribution < 1.29 is 14.1 Å². The molecule has 0 atom stereocenters. The summed E-state index contributed by atoms with van der Waals surface area (Å²) in [5, 5.41) is 6.56. The number of amides is 1. The smallest absolute Gasteiger partial charge is 0.322 e. The van der Waals surface area contributed by atoms with Crippen LogP contribution in [-0.4, -0.2) is 21.4 Å². The molecule has 0 radical (unpaired) electrons. The van der Waals surface area contributed by atoms with Crippen LogP contribution in [0.15, 0.2) is 94.2 Å². The van der Waals surface area contributed by atoms with Crippen molar-refractivity contribution in [2.24, 2.45) is 0 Å². The lowest BCUT2D eigenvalue weighted by molar-refractivity contribution is 0.0969. The predicted molar refractivity (Wildman–Crippen MR) is 111 cm³/mol. The highest BCUT2D eigenvalue weighted by Crippen LogP contribution is 2.17. The number of ketones is 1. The van der Waals surface area contributed by atoms with E-state index in [1.807, 2.05) is 24.3 Å². The summed E-state index contributed by atoms with van der Waals surface area (Å²) in [6.07, 6.45) is 0. The van der Waals surface area contributed by atoms with Gasteiger partial charge >= 0.3 is 5.76 Å². The van der Waals surface area contributed by atoms with Crippen LogP contribution >= 0.6 is 0 Å². The number of carbonyl (C=O) groups excluding carboxylic acids is 2. The van der Waals surface area contributed by atoms with E-state index in [-0.39, 0.29) is 18.2 Å². The molecule has 0 bridgehead atoms. The van der Waals surface area contributed by atoms with Gasteiger partial charge in [0.15, 0.2) is 11.6 Å². The molecule has 0 unspecified atom stereocenters. The minimum absolute atomic E-state index is 0.206. The molecule has 4 aromatic rings. The molecule has 0 aliphatic carbocycles. The van der Waals surface area contributed by atoms with Crippen molar-refractivity contribution >= 4 is 17.4 Å². The van der Waals surface area contributed by atoms with Gasteiger partial charge in [0.1, 0.15) is 0 Å². The quantitative estimate of drug-likeness (QED) is 0.500. The maximum Gasteiger partial charge on any atom is 0.442 e. The van der Waals surface area contributed by atoms with Crippen LogP contribution in [0.4, 0.5) is 5.69 Å². The number of hydrogen-bond acceptors (Lipinski definition) is 5. The summed E-state index contributed by atoms with van der Waals surface area (Å²) in [7, 11) is 0. The Morgan fingerprint density at radius 1 is 0.833 bits per heavy atom. The standard InChI is InChI=1S/C23H17N3O4/c27-20(15-26-21(25-30-23(26)29)17-7-3-1-4-8-17)16-11-13-19(14-12-16)24-22(28)18-9-5-2-6-10-18/h1-14H,15H2,(H,24,28). The molecular formula is C23H17N3O4. The van der Waals surface area contributed by atoms with Crippen molar-refractivity contribution in [2.75, 3.05) is 5.32 Å². The Kier molecular flexibility index (Phi) is 5.34. The van der Waals surface area contributed by atoms with E-state index in [2.05, 4.69) is 10.5 Å². The van der Waals surface area contributed by atoms with Gasteiger partial charge in [0, 0.05) is 22.4 Å². The number of aromatic nitrogens is 2. The van der Waals surface area contributed by atoms with Crippen molar-refractivity contribution in [1.29, 1.82) is 0 Å². The summed E-state index contributed by atoms with van der Waals surface area (Å²) in [4.78, 5) is 36.9. The normalized spacial score (nSPS) is 10.5. The Hall–Kier alpha value is -4.26. The van der Waals surface area contributed by atoms with E-state index in [1.54, 1.807) is 60.7 Å². The molecule has 0 saturated carbocycles. The van der Waals surface area contributed by atoms with Gasteiger partial charge in [-0.15, -0.1) is 0 Å². The van der Waals surface area contributed by atoms with E-state index in [9.17, 15) is 14.4 Å². The summed E-state index contributed by atoms with van der Waals surface area (Å²) in [6, 6.07) is 24.3. The first kappa shape index (κ1) is 19.1. The molecule has 0 saturated heterocycles. The Labute approximate surface area is 171 Å². The van der Waals surface area contributed by atoms with Crippen LogP contribution in [-0.2, 0) is 6.54 Å². The number of rotatable bonds is 6. The van der Waals surface area contributed by atoms with Gasteiger partial charge < -0.3 is 5.32 Å². The fraction of sp³-hybridized carbons (Fsp3) is 0.0435. The van der Waals surface area contributed by atoms with E-state index in [4.69, 9.17) is 4.52 Å². The zero-order valence-electron chi connectivity index (χ0n) is 15.8. The zero-order chi connectivity index (χ0) is 20.9. The molecule has 1 aromatic heterocycles. The van der Waals surface area contributed by atoms with Crippen LogP contribution in [0, 0.1) is 0 Å². The Balaban J connectivity index is 1.48. The molecule has 0 aliphatic heterocycles. The number of anilines is 1. The maximum absolute atomic E-state index is 12.7. The lowest BCUT2D eigenvalue weighted by atomic mass is 10.1. The summed E-state index contributed by atoms with van der Waals surface area (Å²) in [6.45, 7) is -0.206. The molecule has 1 heterocycles. The molecule has 7 nitrogen and oxygen atoms in total. The highest BCUT2D eigenvalue weighted by Gasteiger charge is 2.17. The third-order valence-electron chi connectivity index (χ3n) is 4.52. The van der Waals surface area contributed by atoms with Crippen LogP contribution in [0.2, 0.25) is 0 Å². The first-order chi connectivity index (χ1) is 14.6. The lowest BCUT2D eigenvalue weighted by Crippen LogP contribution is -2.21. The molecule has 3 aromatic carbocycles. The average molecular weight is 399 g/mol. The number of Topliss-reactive ketones (excluding diaryl/α,β-unsaturated/α-hetero) is 1. The first-order valence-corrected chi connectivity index (χ1v) is 9.23. The van der Waals surface area contributed by atoms with Gasteiger partial charge in [0.25, 0.3) is 5.91 Å². The molecule has 0 aliphatic rings. The highest BCUT2D eigenvalue weighted by molar-refractivity contribution is 6.04. The van der Waals surface area contributed by atoms with Gasteiger partial charge in [-0.05, 0) is 36.4 Å². The molecule has 30 heavy (non-hydrogen) atoms. The van der Waals surface area contributed by atoms with Crippen molar-refractivity contribution in [3.05, 3.63) is 107 Å². The zero-order valence-corrected chi connectivity index (χ0v) is 15.8. The average Bonchev–Trinajstić information content (AvgIpc) is 3.15. The molecule has 0 spiro atoms. The van der Waals surface area contributed by atoms with Gasteiger partial charge in [-0.3, -0.25) is 14.1 Å². The van der Waals surface area contributed by atoms with Crippen molar-refractivity contribution in [2.45, 2.75) is 6.54 Å². The van der Waals surface area contributed by atoms with Crippen molar-refractivity contribution in [3.63, 3.8) is 0 Å². The number of nitrogens with one attached hydrogen (secondary N) is 1. The van der Waals surface area contributed by atoms with Crippen LogP contribution in [0.5, 0.6) is 0 Å². The number of hydrogen-bond donors (Lipinski definition) is 1. The number of benzene rings is 3. The minimum atomic E-state index is -0.700. The minimum Gasteiger partial charge on any atom is -0.322 e. The fourth-order valence-electron chi connectivity index (χ4n) is 2.97. The monoisotopic (exact) mass is 399 g/mol. The summed E-state index contributed by atoms with van der Waals surface area (Å²) in [5.74, 6) is -0.925. The van der Waals surface area contributed by atoms with E-state index in [0.29, 0.717) is 28.2 Å². The third kappa shape index (κ3) is 4.10. The van der Waals surface area contributed by atoms with Gasteiger partial charge in [0.05, 0.1) is 6.54 Å². The molecule has 1 amide bonds. The van der Waals surface area contributed by atoms with Crippen LogP contribution in [0.25, 0.3) is 11.4 Å². The SMILES string of the molecule is O=C(Cn1c(-c2ccccc2)noc1=O)c1ccc(NC(=O)c2ccccc2)cc1. The van der Waals surface area contributed by atoms with E-state index in [1.165, 1.54) is 4.57 Å². The number of carbonyl (C=O) groups is 2. The fourth-order valence-corrected chi connectivity index (χ4v) is 2.97. The van der Waals surface area contributed by atoms with Crippen LogP contribution < -0.4 is 11.1 Å². The Morgan fingerprint density at radius 3 is 2.13 bits per heavy atom. The third-order valence-corrected chi connectivity index (χ3v) is 4.52. The van der Waals surface area contributed by atoms with Crippen LogP contribution in [0.1, 0.15) is 20.7 Å². The van der Waals surface area contributed by atoms with Crippen LogP contribution in [0.3, 0.4) is 0 Å². The van der Waals surface area contributed by atoms with Gasteiger partial charge in [-0.25, -0.2) is 9.36 Å². The highest BCUT2D eigenvalue weighted by atomic mass is 16.5. The van der Waals surface area contributed by atoms with Gasteiger partial charge in [-0.2, -0.15) is 0 Å². The summed E-state index contributed by atoms with van der Waals surface area (Å²) < 4.78 is 5.95. The summed E-state index contributed by atoms with van der Waals surface area (Å²) >= 11 is 0. The van der Waals surface area contributed by atoms with E-state index < -0.39 is 5.76 Å². The molecule has 1 N–H and O–H groups in total. The Bertz CT molecular complexity index is 1230. The second-order valence-electron chi connectivity index (χ2n) is 6.54. The largest absolute Gasteiger partial charge is 0.442 e. The molecule has 4 rings (SSSR count). The second kappa shape index (κ2) is 8.40. The molecular weight excluding hydrogens is 382 g/mol. The number of nitrogens with zero attached hydrogens (tertiary/aromatic N) is 2. The van der Waals surface area contributed by atoms with E-state index in [0.717, 1.165) is 0 Å². The van der Waals surface area contributed by atoms with Crippen molar-refractivity contribution in [1.82, 2.24) is 9.72 Å². The van der Waals surface area contributed by atoms with Crippen molar-refractivity contribution in [3.8, 4) is 11.4 Å². The molecule has 0 fully saturated rings. The summed E-state index contributed by atoms with van der Waals surface area (Å²) in [5.41, 5.74) is 2.18. The predicted octanol–water partition coefficient (Wildman–Crippen LogP) is 3.64.